The lowest BCUT2D eigenvalue weighted by atomic mass is 10.1. The molecule has 1 aliphatic heterocycles. The van der Waals surface area contributed by atoms with Crippen molar-refractivity contribution < 1.29 is 9.53 Å². The molecule has 2 heterocycles. The molecule has 0 amide bonds. The molecule has 1 aromatic heterocycles. The first-order chi connectivity index (χ1) is 11.7. The minimum atomic E-state index is -0.242. The Kier molecular flexibility index (Phi) is 5.29. The van der Waals surface area contributed by atoms with Crippen molar-refractivity contribution in [3.8, 4) is 0 Å². The lowest BCUT2D eigenvalue weighted by Gasteiger charge is -2.12. The number of H-pyrrole nitrogens is 1. The van der Waals surface area contributed by atoms with Crippen LogP contribution >= 0.6 is 0 Å². The van der Waals surface area contributed by atoms with Gasteiger partial charge in [-0.2, -0.15) is 0 Å². The van der Waals surface area contributed by atoms with E-state index < -0.39 is 0 Å². The number of hydrogen-bond acceptors (Lipinski definition) is 3. The summed E-state index contributed by atoms with van der Waals surface area (Å²) >= 11 is 0. The standard InChI is InChI=1S/C11H12N2.C9H10O2/c1-2-4-10-8(3-1)9-5-6-12-7-11(9)13-10;1-8(10)11-7-9-5-3-2-4-6-9/h1-4,12-13H,5-7H2;2-6H,7H2,1H3. The molecule has 3 aromatic rings. The topological polar surface area (TPSA) is 54.1 Å². The highest BCUT2D eigenvalue weighted by Gasteiger charge is 2.13. The van der Waals surface area contributed by atoms with Gasteiger partial charge < -0.3 is 15.0 Å². The summed E-state index contributed by atoms with van der Waals surface area (Å²) in [6.07, 6.45) is 1.15. The minimum absolute atomic E-state index is 0.242. The fraction of sp³-hybridized carbons (Fsp3) is 0.250. The quantitative estimate of drug-likeness (QED) is 0.709. The Balaban J connectivity index is 0.000000144. The summed E-state index contributed by atoms with van der Waals surface area (Å²) in [6, 6.07) is 18.1. The van der Waals surface area contributed by atoms with E-state index in [0.29, 0.717) is 6.61 Å². The molecule has 1 aliphatic rings. The summed E-state index contributed by atoms with van der Waals surface area (Å²) in [5.41, 5.74) is 5.17. The highest BCUT2D eigenvalue weighted by molar-refractivity contribution is 5.84. The number of para-hydroxylation sites is 1. The van der Waals surface area contributed by atoms with Crippen molar-refractivity contribution in [2.24, 2.45) is 0 Å². The number of carbonyl (C=O) groups is 1. The number of carbonyl (C=O) groups excluding carboxylic acids is 1. The number of fused-ring (bicyclic) bond motifs is 3. The van der Waals surface area contributed by atoms with Crippen LogP contribution in [0.25, 0.3) is 10.9 Å². The minimum Gasteiger partial charge on any atom is -0.461 e. The van der Waals surface area contributed by atoms with E-state index in [1.807, 2.05) is 30.3 Å². The summed E-state index contributed by atoms with van der Waals surface area (Å²) in [6.45, 7) is 3.87. The van der Waals surface area contributed by atoms with Crippen LogP contribution in [0.2, 0.25) is 0 Å². The molecule has 4 rings (SSSR count). The number of nitrogens with one attached hydrogen (secondary N) is 2. The van der Waals surface area contributed by atoms with Crippen LogP contribution in [0.3, 0.4) is 0 Å². The Morgan fingerprint density at radius 1 is 1.08 bits per heavy atom. The third-order valence-corrected chi connectivity index (χ3v) is 4.04. The second-order valence-corrected chi connectivity index (χ2v) is 5.82. The van der Waals surface area contributed by atoms with Gasteiger partial charge in [-0.3, -0.25) is 4.79 Å². The van der Waals surface area contributed by atoms with Crippen LogP contribution in [0.5, 0.6) is 0 Å². The van der Waals surface area contributed by atoms with E-state index >= 15 is 0 Å². The summed E-state index contributed by atoms with van der Waals surface area (Å²) in [5, 5.41) is 4.77. The molecular weight excluding hydrogens is 300 g/mol. The van der Waals surface area contributed by atoms with Crippen LogP contribution in [0.15, 0.2) is 54.6 Å². The van der Waals surface area contributed by atoms with Gasteiger partial charge in [-0.15, -0.1) is 0 Å². The molecule has 0 bridgehead atoms. The van der Waals surface area contributed by atoms with Crippen molar-refractivity contribution in [1.29, 1.82) is 0 Å². The summed E-state index contributed by atoms with van der Waals surface area (Å²) in [7, 11) is 0. The van der Waals surface area contributed by atoms with Gasteiger partial charge in [-0.25, -0.2) is 0 Å². The fourth-order valence-corrected chi connectivity index (χ4v) is 2.88. The normalized spacial score (nSPS) is 12.9. The highest BCUT2D eigenvalue weighted by Crippen LogP contribution is 2.24. The number of aromatic nitrogens is 1. The summed E-state index contributed by atoms with van der Waals surface area (Å²) < 4.78 is 4.79. The number of esters is 1. The molecule has 0 saturated carbocycles. The van der Waals surface area contributed by atoms with Crippen LogP contribution in [0.1, 0.15) is 23.7 Å². The highest BCUT2D eigenvalue weighted by atomic mass is 16.5. The smallest absolute Gasteiger partial charge is 0.302 e. The first-order valence-corrected chi connectivity index (χ1v) is 8.20. The van der Waals surface area contributed by atoms with Crippen molar-refractivity contribution >= 4 is 16.9 Å². The Hall–Kier alpha value is -2.59. The Morgan fingerprint density at radius 3 is 2.62 bits per heavy atom. The molecule has 0 aliphatic carbocycles. The van der Waals surface area contributed by atoms with E-state index in [2.05, 4.69) is 34.6 Å². The molecule has 4 nitrogen and oxygen atoms in total. The maximum absolute atomic E-state index is 10.4. The number of ether oxygens (including phenoxy) is 1. The van der Waals surface area contributed by atoms with E-state index in [9.17, 15) is 4.79 Å². The van der Waals surface area contributed by atoms with Crippen LogP contribution in [-0.2, 0) is 29.1 Å². The van der Waals surface area contributed by atoms with E-state index in [4.69, 9.17) is 4.74 Å². The van der Waals surface area contributed by atoms with Crippen molar-refractivity contribution in [2.45, 2.75) is 26.5 Å². The predicted octanol–water partition coefficient (Wildman–Crippen LogP) is 3.56. The van der Waals surface area contributed by atoms with Crippen molar-refractivity contribution in [3.63, 3.8) is 0 Å². The molecule has 0 atom stereocenters. The number of hydrogen-bond donors (Lipinski definition) is 2. The number of rotatable bonds is 2. The van der Waals surface area contributed by atoms with E-state index in [1.165, 1.54) is 29.1 Å². The fourth-order valence-electron chi connectivity index (χ4n) is 2.88. The van der Waals surface area contributed by atoms with Gasteiger partial charge in [0.1, 0.15) is 6.61 Å². The third-order valence-electron chi connectivity index (χ3n) is 4.04. The molecule has 0 unspecified atom stereocenters. The zero-order valence-corrected chi connectivity index (χ0v) is 13.8. The van der Waals surface area contributed by atoms with Gasteiger partial charge in [0.15, 0.2) is 0 Å². The molecule has 0 spiro atoms. The first-order valence-electron chi connectivity index (χ1n) is 8.20. The van der Waals surface area contributed by atoms with Crippen molar-refractivity contribution in [1.82, 2.24) is 10.3 Å². The lowest BCUT2D eigenvalue weighted by molar-refractivity contribution is -0.142. The molecule has 124 valence electrons. The summed E-state index contributed by atoms with van der Waals surface area (Å²) in [5.74, 6) is -0.242. The van der Waals surface area contributed by atoms with Crippen LogP contribution in [0.4, 0.5) is 0 Å². The second-order valence-electron chi connectivity index (χ2n) is 5.82. The lowest BCUT2D eigenvalue weighted by Crippen LogP contribution is -2.22. The van der Waals surface area contributed by atoms with Crippen LogP contribution in [0, 0.1) is 0 Å². The van der Waals surface area contributed by atoms with E-state index in [1.54, 1.807) is 0 Å². The maximum atomic E-state index is 10.4. The number of aromatic amines is 1. The molecule has 0 radical (unpaired) electrons. The van der Waals surface area contributed by atoms with Gasteiger partial charge in [0.2, 0.25) is 0 Å². The van der Waals surface area contributed by atoms with Gasteiger partial charge in [0, 0.05) is 30.1 Å². The zero-order valence-electron chi connectivity index (χ0n) is 13.8. The molecular formula is C20H22N2O2. The van der Waals surface area contributed by atoms with Gasteiger partial charge in [-0.1, -0.05) is 48.5 Å². The number of benzene rings is 2. The van der Waals surface area contributed by atoms with Gasteiger partial charge in [0.25, 0.3) is 0 Å². The summed E-state index contributed by atoms with van der Waals surface area (Å²) in [4.78, 5) is 13.8. The monoisotopic (exact) mass is 322 g/mol. The largest absolute Gasteiger partial charge is 0.461 e. The molecule has 4 heteroatoms. The average Bonchev–Trinajstić information content (AvgIpc) is 3.00. The molecule has 2 aromatic carbocycles. The van der Waals surface area contributed by atoms with E-state index in [0.717, 1.165) is 25.1 Å². The molecule has 0 saturated heterocycles. The van der Waals surface area contributed by atoms with Crippen molar-refractivity contribution in [2.75, 3.05) is 6.54 Å². The van der Waals surface area contributed by atoms with Crippen LogP contribution in [-0.4, -0.2) is 17.5 Å². The molecule has 24 heavy (non-hydrogen) atoms. The third kappa shape index (κ3) is 4.03. The van der Waals surface area contributed by atoms with Gasteiger partial charge in [0.05, 0.1) is 0 Å². The zero-order chi connectivity index (χ0) is 16.8. The second kappa shape index (κ2) is 7.79. The molecule has 2 N–H and O–H groups in total. The van der Waals surface area contributed by atoms with Gasteiger partial charge >= 0.3 is 5.97 Å². The van der Waals surface area contributed by atoms with Crippen LogP contribution < -0.4 is 5.32 Å². The van der Waals surface area contributed by atoms with Gasteiger partial charge in [-0.05, 0) is 30.2 Å². The predicted molar refractivity (Wildman–Crippen MR) is 95.6 cm³/mol. The Bertz CT molecular complexity index is 809. The average molecular weight is 322 g/mol. The molecule has 0 fully saturated rings. The Morgan fingerprint density at radius 2 is 1.83 bits per heavy atom. The first kappa shape index (κ1) is 16.3. The van der Waals surface area contributed by atoms with Crippen molar-refractivity contribution in [3.05, 3.63) is 71.4 Å². The maximum Gasteiger partial charge on any atom is 0.302 e. The SMILES string of the molecule is CC(=O)OCc1ccccc1.c1ccc2c3c([nH]c2c1)CNCC3. The Labute approximate surface area is 141 Å². The van der Waals surface area contributed by atoms with E-state index in [-0.39, 0.29) is 5.97 Å².